The minimum atomic E-state index is -0.406. The largest absolute Gasteiger partial charge is 0.325 e. The summed E-state index contributed by atoms with van der Waals surface area (Å²) >= 11 is 1.33. The summed E-state index contributed by atoms with van der Waals surface area (Å²) in [6, 6.07) is 15.6. The number of hydrogen-bond donors (Lipinski definition) is 1. The number of thioether (sulfide) groups is 1. The molecule has 0 aliphatic rings. The molecule has 1 amide bonds. The first kappa shape index (κ1) is 18.1. The van der Waals surface area contributed by atoms with E-state index in [-0.39, 0.29) is 11.7 Å². The molecule has 0 saturated carbocycles. The van der Waals surface area contributed by atoms with Crippen LogP contribution in [0.4, 0.5) is 10.1 Å². The van der Waals surface area contributed by atoms with Gasteiger partial charge in [0.05, 0.1) is 5.25 Å². The average Bonchev–Trinajstić information content (AvgIpc) is 3.05. The van der Waals surface area contributed by atoms with Gasteiger partial charge < -0.3 is 9.88 Å². The third-order valence-electron chi connectivity index (χ3n) is 3.81. The summed E-state index contributed by atoms with van der Waals surface area (Å²) in [5.74, 6) is 0.169. The number of rotatable bonds is 6. The molecule has 0 aliphatic carbocycles. The molecule has 0 spiro atoms. The first-order valence-corrected chi connectivity index (χ1v) is 9.18. The molecule has 26 heavy (non-hydrogen) atoms. The zero-order valence-electron chi connectivity index (χ0n) is 14.5. The second kappa shape index (κ2) is 8.14. The third-order valence-corrected chi connectivity index (χ3v) is 4.89. The monoisotopic (exact) mass is 370 g/mol. The molecule has 7 heteroatoms. The highest BCUT2D eigenvalue weighted by Gasteiger charge is 2.20. The lowest BCUT2D eigenvalue weighted by molar-refractivity contribution is -0.115. The zero-order valence-corrected chi connectivity index (χ0v) is 15.3. The fraction of sp³-hybridized carbons (Fsp3) is 0.211. The van der Waals surface area contributed by atoms with Crippen LogP contribution in [0.1, 0.15) is 13.8 Å². The van der Waals surface area contributed by atoms with Crippen LogP contribution in [0.25, 0.3) is 11.4 Å². The van der Waals surface area contributed by atoms with Gasteiger partial charge in [-0.3, -0.25) is 4.79 Å². The van der Waals surface area contributed by atoms with Crippen LogP contribution >= 0.6 is 11.8 Å². The van der Waals surface area contributed by atoms with Gasteiger partial charge >= 0.3 is 0 Å². The van der Waals surface area contributed by atoms with Crippen molar-refractivity contribution in [3.63, 3.8) is 0 Å². The SMILES string of the molecule is CCn1c(S[C@@H](C)C(=O)Nc2cccc(F)c2)nnc1-c1ccccc1. The smallest absolute Gasteiger partial charge is 0.237 e. The topological polar surface area (TPSA) is 59.8 Å². The molecule has 3 rings (SSSR count). The van der Waals surface area contributed by atoms with Crippen molar-refractivity contribution in [1.29, 1.82) is 0 Å². The van der Waals surface area contributed by atoms with Crippen molar-refractivity contribution >= 4 is 23.4 Å². The average molecular weight is 370 g/mol. The first-order chi connectivity index (χ1) is 12.6. The van der Waals surface area contributed by atoms with Crippen LogP contribution in [0.5, 0.6) is 0 Å². The van der Waals surface area contributed by atoms with Gasteiger partial charge in [-0.05, 0) is 32.0 Å². The van der Waals surface area contributed by atoms with Crippen molar-refractivity contribution in [2.24, 2.45) is 0 Å². The van der Waals surface area contributed by atoms with Crippen LogP contribution in [0.3, 0.4) is 0 Å². The fourth-order valence-corrected chi connectivity index (χ4v) is 3.40. The lowest BCUT2D eigenvalue weighted by Crippen LogP contribution is -2.23. The van der Waals surface area contributed by atoms with E-state index in [9.17, 15) is 9.18 Å². The number of amides is 1. The van der Waals surface area contributed by atoms with Crippen LogP contribution in [-0.4, -0.2) is 25.9 Å². The summed E-state index contributed by atoms with van der Waals surface area (Å²) in [6.07, 6.45) is 0. The number of nitrogens with zero attached hydrogens (tertiary/aromatic N) is 3. The minimum Gasteiger partial charge on any atom is -0.325 e. The van der Waals surface area contributed by atoms with Crippen LogP contribution in [-0.2, 0) is 11.3 Å². The molecule has 0 radical (unpaired) electrons. The maximum atomic E-state index is 13.3. The number of aromatic nitrogens is 3. The van der Waals surface area contributed by atoms with E-state index in [2.05, 4.69) is 15.5 Å². The third kappa shape index (κ3) is 4.11. The number of benzene rings is 2. The van der Waals surface area contributed by atoms with Crippen molar-refractivity contribution in [2.45, 2.75) is 30.8 Å². The highest BCUT2D eigenvalue weighted by molar-refractivity contribution is 8.00. The van der Waals surface area contributed by atoms with Gasteiger partial charge in [0.25, 0.3) is 0 Å². The number of carbonyl (C=O) groups is 1. The number of hydrogen-bond acceptors (Lipinski definition) is 4. The molecule has 1 N–H and O–H groups in total. The van der Waals surface area contributed by atoms with Crippen molar-refractivity contribution in [2.75, 3.05) is 5.32 Å². The molecular weight excluding hydrogens is 351 g/mol. The molecule has 0 unspecified atom stereocenters. The Morgan fingerprint density at radius 1 is 1.19 bits per heavy atom. The van der Waals surface area contributed by atoms with Crippen LogP contribution in [0.2, 0.25) is 0 Å². The molecular formula is C19H19FN4OS. The zero-order chi connectivity index (χ0) is 18.5. The van der Waals surface area contributed by atoms with Gasteiger partial charge in [0.15, 0.2) is 11.0 Å². The standard InChI is InChI=1S/C19H19FN4OS/c1-3-24-17(14-8-5-4-6-9-14)22-23-19(24)26-13(2)18(25)21-16-11-7-10-15(20)12-16/h4-13H,3H2,1-2H3,(H,21,25)/t13-/m0/s1. The van der Waals surface area contributed by atoms with Crippen molar-refractivity contribution in [1.82, 2.24) is 14.8 Å². The Morgan fingerprint density at radius 2 is 1.96 bits per heavy atom. The van der Waals surface area contributed by atoms with Gasteiger partial charge in [0, 0.05) is 17.8 Å². The van der Waals surface area contributed by atoms with Crippen LogP contribution < -0.4 is 5.32 Å². The number of anilines is 1. The Balaban J connectivity index is 1.74. The Bertz CT molecular complexity index is 898. The normalized spacial score (nSPS) is 12.0. The van der Waals surface area contributed by atoms with E-state index in [1.807, 2.05) is 41.8 Å². The van der Waals surface area contributed by atoms with E-state index in [1.165, 1.54) is 23.9 Å². The fourth-order valence-electron chi connectivity index (χ4n) is 2.48. The summed E-state index contributed by atoms with van der Waals surface area (Å²) in [4.78, 5) is 12.4. The molecule has 0 aliphatic heterocycles. The lowest BCUT2D eigenvalue weighted by Gasteiger charge is -2.13. The maximum absolute atomic E-state index is 13.3. The van der Waals surface area contributed by atoms with E-state index < -0.39 is 5.25 Å². The summed E-state index contributed by atoms with van der Waals surface area (Å²) in [7, 11) is 0. The first-order valence-electron chi connectivity index (χ1n) is 8.30. The van der Waals surface area contributed by atoms with Gasteiger partial charge in [-0.15, -0.1) is 10.2 Å². The predicted octanol–water partition coefficient (Wildman–Crippen LogP) is 4.22. The summed E-state index contributed by atoms with van der Waals surface area (Å²) in [6.45, 7) is 4.49. The van der Waals surface area contributed by atoms with Crippen LogP contribution in [0, 0.1) is 5.82 Å². The molecule has 134 valence electrons. The van der Waals surface area contributed by atoms with Crippen molar-refractivity contribution < 1.29 is 9.18 Å². The number of halogens is 1. The van der Waals surface area contributed by atoms with E-state index in [0.717, 1.165) is 11.4 Å². The van der Waals surface area contributed by atoms with E-state index >= 15 is 0 Å². The summed E-state index contributed by atoms with van der Waals surface area (Å²) < 4.78 is 15.2. The highest BCUT2D eigenvalue weighted by Crippen LogP contribution is 2.27. The molecule has 0 bridgehead atoms. The van der Waals surface area contributed by atoms with E-state index in [4.69, 9.17) is 0 Å². The van der Waals surface area contributed by atoms with Crippen molar-refractivity contribution in [3.8, 4) is 11.4 Å². The quantitative estimate of drug-likeness (QED) is 0.660. The Hall–Kier alpha value is -2.67. The molecule has 5 nitrogen and oxygen atoms in total. The van der Waals surface area contributed by atoms with Crippen LogP contribution in [0.15, 0.2) is 59.8 Å². The molecule has 0 fully saturated rings. The van der Waals surface area contributed by atoms with Gasteiger partial charge in [0.2, 0.25) is 5.91 Å². The van der Waals surface area contributed by atoms with Gasteiger partial charge in [-0.25, -0.2) is 4.39 Å². The lowest BCUT2D eigenvalue weighted by atomic mass is 10.2. The van der Waals surface area contributed by atoms with E-state index in [0.29, 0.717) is 17.4 Å². The predicted molar refractivity (Wildman–Crippen MR) is 101 cm³/mol. The Labute approximate surface area is 155 Å². The highest BCUT2D eigenvalue weighted by atomic mass is 32.2. The minimum absolute atomic E-state index is 0.215. The molecule has 0 saturated heterocycles. The maximum Gasteiger partial charge on any atom is 0.237 e. The summed E-state index contributed by atoms with van der Waals surface area (Å²) in [5, 5.41) is 11.5. The Kier molecular flexibility index (Phi) is 5.68. The summed E-state index contributed by atoms with van der Waals surface area (Å²) in [5.41, 5.74) is 1.41. The number of carbonyl (C=O) groups excluding carboxylic acids is 1. The molecule has 1 heterocycles. The molecule has 1 aromatic heterocycles. The molecule has 3 aromatic rings. The van der Waals surface area contributed by atoms with Gasteiger partial charge in [-0.1, -0.05) is 48.2 Å². The van der Waals surface area contributed by atoms with Gasteiger partial charge in [-0.2, -0.15) is 0 Å². The van der Waals surface area contributed by atoms with E-state index in [1.54, 1.807) is 19.1 Å². The molecule has 2 aromatic carbocycles. The second-order valence-electron chi connectivity index (χ2n) is 5.68. The Morgan fingerprint density at radius 3 is 2.65 bits per heavy atom. The van der Waals surface area contributed by atoms with Gasteiger partial charge in [0.1, 0.15) is 5.82 Å². The number of nitrogens with one attached hydrogen (secondary N) is 1. The second-order valence-corrected chi connectivity index (χ2v) is 6.98. The van der Waals surface area contributed by atoms with Crippen molar-refractivity contribution in [3.05, 3.63) is 60.4 Å². The molecule has 1 atom stereocenters.